The molecule has 3 heterocycles. The van der Waals surface area contributed by atoms with Crippen molar-refractivity contribution in [2.45, 2.75) is 0 Å². The highest BCUT2D eigenvalue weighted by atomic mass is 16.3. The Balaban J connectivity index is 1.03. The van der Waals surface area contributed by atoms with E-state index < -0.39 is 0 Å². The Morgan fingerprint density at radius 1 is 0.306 bits per heavy atom. The van der Waals surface area contributed by atoms with Gasteiger partial charge in [0.25, 0.3) is 0 Å². The van der Waals surface area contributed by atoms with Crippen LogP contribution in [-0.2, 0) is 0 Å². The zero-order chi connectivity index (χ0) is 41.0. The maximum atomic E-state index is 6.82. The van der Waals surface area contributed by atoms with Crippen LogP contribution >= 0.6 is 0 Å². The van der Waals surface area contributed by atoms with E-state index >= 15 is 0 Å². The van der Waals surface area contributed by atoms with Gasteiger partial charge in [-0.1, -0.05) is 188 Å². The molecular formula is C57H36N4O. The Labute approximate surface area is 357 Å². The van der Waals surface area contributed by atoms with Crippen LogP contribution in [0, 0.1) is 0 Å². The highest BCUT2D eigenvalue weighted by molar-refractivity contribution is 6.28. The summed E-state index contributed by atoms with van der Waals surface area (Å²) in [5, 5.41) is 4.46. The van der Waals surface area contributed by atoms with Gasteiger partial charge in [-0.25, -0.2) is 15.0 Å². The molecule has 0 spiro atoms. The number of rotatable bonds is 7. The van der Waals surface area contributed by atoms with E-state index in [1.165, 1.54) is 11.1 Å². The molecule has 0 aliphatic heterocycles. The molecule has 5 nitrogen and oxygen atoms in total. The van der Waals surface area contributed by atoms with Gasteiger partial charge >= 0.3 is 0 Å². The van der Waals surface area contributed by atoms with Gasteiger partial charge < -0.3 is 8.98 Å². The van der Waals surface area contributed by atoms with Crippen LogP contribution in [-0.4, -0.2) is 19.5 Å². The van der Waals surface area contributed by atoms with Crippen molar-refractivity contribution in [2.24, 2.45) is 0 Å². The van der Waals surface area contributed by atoms with Gasteiger partial charge in [0.2, 0.25) is 0 Å². The SMILES string of the molecule is c1ccc(-c2ccc(-c3nc(-c4ccccc4)nc(-c4ccccc4-n4c5ccccc5c5c6c(ccc54)oc4c(-c5ccc(-c7ccccc7)cc5)cccc46)n3)cc2)cc1. The molecule has 62 heavy (non-hydrogen) atoms. The molecule has 0 amide bonds. The highest BCUT2D eigenvalue weighted by Crippen LogP contribution is 2.44. The number of aromatic nitrogens is 4. The van der Waals surface area contributed by atoms with Gasteiger partial charge in [0.1, 0.15) is 11.2 Å². The summed E-state index contributed by atoms with van der Waals surface area (Å²) in [5.41, 5.74) is 14.4. The molecule has 0 aliphatic carbocycles. The average Bonchev–Trinajstić information content (AvgIpc) is 3.91. The lowest BCUT2D eigenvalue weighted by Gasteiger charge is -2.14. The fourth-order valence-electron chi connectivity index (χ4n) is 8.95. The Morgan fingerprint density at radius 2 is 0.790 bits per heavy atom. The van der Waals surface area contributed by atoms with Crippen LogP contribution in [0.3, 0.4) is 0 Å². The number of benzene rings is 9. The zero-order valence-electron chi connectivity index (χ0n) is 33.5. The first-order chi connectivity index (χ1) is 30.7. The normalized spacial score (nSPS) is 11.5. The van der Waals surface area contributed by atoms with Crippen molar-refractivity contribution >= 4 is 43.7 Å². The lowest BCUT2D eigenvalue weighted by molar-refractivity contribution is 0.670. The Kier molecular flexibility index (Phi) is 8.42. The minimum absolute atomic E-state index is 0.597. The maximum absolute atomic E-state index is 6.82. The molecule has 0 radical (unpaired) electrons. The van der Waals surface area contributed by atoms with Crippen molar-refractivity contribution in [1.82, 2.24) is 19.5 Å². The average molecular weight is 793 g/mol. The summed E-state index contributed by atoms with van der Waals surface area (Å²) >= 11 is 0. The number of hydrogen-bond donors (Lipinski definition) is 0. The first-order valence-electron chi connectivity index (χ1n) is 20.9. The van der Waals surface area contributed by atoms with Crippen LogP contribution < -0.4 is 0 Å². The predicted octanol–water partition coefficient (Wildman–Crippen LogP) is 14.9. The second-order valence-electron chi connectivity index (χ2n) is 15.5. The lowest BCUT2D eigenvalue weighted by atomic mass is 9.98. The molecule has 0 unspecified atom stereocenters. The van der Waals surface area contributed by atoms with E-state index in [2.05, 4.69) is 180 Å². The molecule has 0 fully saturated rings. The standard InChI is InChI=1S/C57H36N4O/c1-4-15-37(16-5-1)39-27-31-41(32-28-39)44-23-14-24-47-53-51(62-54(44)47)36-35-50-52(53)45-21-10-12-25-48(45)61(50)49-26-13-11-22-46(49)57-59-55(42-19-8-3-9-20-42)58-56(60-57)43-33-29-40(30-34-43)38-17-6-2-7-18-38/h1-36H. The van der Waals surface area contributed by atoms with Gasteiger partial charge in [-0.05, 0) is 58.1 Å². The Hall–Kier alpha value is -8.41. The third-order valence-electron chi connectivity index (χ3n) is 11.9. The highest BCUT2D eigenvalue weighted by Gasteiger charge is 2.23. The largest absolute Gasteiger partial charge is 0.455 e. The van der Waals surface area contributed by atoms with E-state index in [4.69, 9.17) is 19.4 Å². The Bertz CT molecular complexity index is 3590. The number of para-hydroxylation sites is 3. The molecule has 0 saturated heterocycles. The maximum Gasteiger partial charge on any atom is 0.166 e. The second kappa shape index (κ2) is 14.7. The fraction of sp³-hybridized carbons (Fsp3) is 0. The van der Waals surface area contributed by atoms with Gasteiger partial charge in [-0.15, -0.1) is 0 Å². The van der Waals surface area contributed by atoms with Crippen LogP contribution in [0.4, 0.5) is 0 Å². The molecule has 9 aromatic carbocycles. The summed E-state index contributed by atoms with van der Waals surface area (Å²) < 4.78 is 9.18. The summed E-state index contributed by atoms with van der Waals surface area (Å²) in [7, 11) is 0. The molecule has 0 aliphatic rings. The lowest BCUT2D eigenvalue weighted by Crippen LogP contribution is -2.03. The zero-order valence-corrected chi connectivity index (χ0v) is 33.5. The van der Waals surface area contributed by atoms with E-state index in [9.17, 15) is 0 Å². The fourth-order valence-corrected chi connectivity index (χ4v) is 8.95. The number of nitrogens with zero attached hydrogens (tertiary/aromatic N) is 4. The van der Waals surface area contributed by atoms with Crippen molar-refractivity contribution in [3.05, 3.63) is 218 Å². The van der Waals surface area contributed by atoms with Crippen LogP contribution in [0.5, 0.6) is 0 Å². The summed E-state index contributed by atoms with van der Waals surface area (Å²) in [5.74, 6) is 1.83. The summed E-state index contributed by atoms with van der Waals surface area (Å²) in [4.78, 5) is 15.5. The Morgan fingerprint density at radius 3 is 1.47 bits per heavy atom. The van der Waals surface area contributed by atoms with Crippen molar-refractivity contribution in [3.8, 4) is 73.2 Å². The first-order valence-corrected chi connectivity index (χ1v) is 20.9. The van der Waals surface area contributed by atoms with E-state index in [0.29, 0.717) is 17.5 Å². The van der Waals surface area contributed by atoms with Crippen molar-refractivity contribution < 1.29 is 4.42 Å². The van der Waals surface area contributed by atoms with Gasteiger partial charge in [0.15, 0.2) is 17.5 Å². The number of fused-ring (bicyclic) bond motifs is 7. The molecule has 0 bridgehead atoms. The van der Waals surface area contributed by atoms with Crippen LogP contribution in [0.1, 0.15) is 0 Å². The minimum atomic E-state index is 0.597. The van der Waals surface area contributed by atoms with Gasteiger partial charge in [-0.3, -0.25) is 0 Å². The third-order valence-corrected chi connectivity index (χ3v) is 11.9. The smallest absolute Gasteiger partial charge is 0.166 e. The van der Waals surface area contributed by atoms with Crippen LogP contribution in [0.2, 0.25) is 0 Å². The predicted molar refractivity (Wildman–Crippen MR) is 254 cm³/mol. The third kappa shape index (κ3) is 5.98. The van der Waals surface area contributed by atoms with E-state index in [0.717, 1.165) is 88.4 Å². The second-order valence-corrected chi connectivity index (χ2v) is 15.5. The van der Waals surface area contributed by atoms with E-state index in [-0.39, 0.29) is 0 Å². The minimum Gasteiger partial charge on any atom is -0.455 e. The molecular weight excluding hydrogens is 757 g/mol. The topological polar surface area (TPSA) is 56.7 Å². The molecule has 12 aromatic rings. The van der Waals surface area contributed by atoms with Crippen molar-refractivity contribution in [2.75, 3.05) is 0 Å². The summed E-state index contributed by atoms with van der Waals surface area (Å²) in [6, 6.07) is 76.1. The van der Waals surface area contributed by atoms with Gasteiger partial charge in [-0.2, -0.15) is 0 Å². The quantitative estimate of drug-likeness (QED) is 0.161. The van der Waals surface area contributed by atoms with Crippen LogP contribution in [0.25, 0.3) is 117 Å². The molecule has 290 valence electrons. The molecule has 5 heteroatoms. The number of hydrogen-bond acceptors (Lipinski definition) is 4. The van der Waals surface area contributed by atoms with Crippen molar-refractivity contribution in [1.29, 1.82) is 0 Å². The molecule has 0 saturated carbocycles. The number of furan rings is 1. The summed E-state index contributed by atoms with van der Waals surface area (Å²) in [6.45, 7) is 0. The molecule has 0 N–H and O–H groups in total. The molecule has 0 atom stereocenters. The van der Waals surface area contributed by atoms with Crippen molar-refractivity contribution in [3.63, 3.8) is 0 Å². The van der Waals surface area contributed by atoms with E-state index in [1.807, 2.05) is 42.5 Å². The first kappa shape index (κ1) is 35.5. The van der Waals surface area contributed by atoms with Gasteiger partial charge in [0, 0.05) is 43.8 Å². The molecule has 3 aromatic heterocycles. The van der Waals surface area contributed by atoms with Gasteiger partial charge in [0.05, 0.1) is 16.7 Å². The van der Waals surface area contributed by atoms with E-state index in [1.54, 1.807) is 0 Å². The monoisotopic (exact) mass is 792 g/mol. The molecule has 12 rings (SSSR count). The van der Waals surface area contributed by atoms with Crippen LogP contribution in [0.15, 0.2) is 223 Å². The summed E-state index contributed by atoms with van der Waals surface area (Å²) in [6.07, 6.45) is 0.